The van der Waals surface area contributed by atoms with E-state index >= 15 is 0 Å². The molecule has 3 nitrogen and oxygen atoms in total. The Morgan fingerprint density at radius 1 is 1.50 bits per heavy atom. The lowest BCUT2D eigenvalue weighted by Gasteiger charge is -2.40. The molecule has 0 spiro atoms. The highest BCUT2D eigenvalue weighted by molar-refractivity contribution is 8.01. The first kappa shape index (κ1) is 14.2. The van der Waals surface area contributed by atoms with Crippen molar-refractivity contribution in [2.75, 3.05) is 39.1 Å². The van der Waals surface area contributed by atoms with Crippen molar-refractivity contribution in [1.29, 1.82) is 0 Å². The third-order valence-electron chi connectivity index (χ3n) is 3.26. The van der Waals surface area contributed by atoms with Gasteiger partial charge in [-0.05, 0) is 39.1 Å². The van der Waals surface area contributed by atoms with Gasteiger partial charge in [-0.1, -0.05) is 12.2 Å². The van der Waals surface area contributed by atoms with Crippen molar-refractivity contribution in [1.82, 2.24) is 4.90 Å². The summed E-state index contributed by atoms with van der Waals surface area (Å²) in [6, 6.07) is 0. The summed E-state index contributed by atoms with van der Waals surface area (Å²) in [6.45, 7) is 6.83. The van der Waals surface area contributed by atoms with Crippen LogP contribution in [-0.2, 0) is 4.74 Å². The second-order valence-electron chi connectivity index (χ2n) is 4.10. The summed E-state index contributed by atoms with van der Waals surface area (Å²) in [5.41, 5.74) is 5.85. The van der Waals surface area contributed by atoms with Crippen molar-refractivity contribution < 1.29 is 4.74 Å². The zero-order chi connectivity index (χ0) is 12.0. The van der Waals surface area contributed by atoms with Crippen LogP contribution in [0.2, 0.25) is 0 Å². The zero-order valence-corrected chi connectivity index (χ0v) is 11.8. The van der Waals surface area contributed by atoms with Gasteiger partial charge in [-0.3, -0.25) is 0 Å². The van der Waals surface area contributed by atoms with Crippen molar-refractivity contribution in [3.05, 3.63) is 0 Å². The van der Waals surface area contributed by atoms with Gasteiger partial charge >= 0.3 is 0 Å². The van der Waals surface area contributed by atoms with E-state index in [2.05, 4.69) is 11.2 Å². The Hall–Kier alpha value is 0.160. The molecule has 0 aromatic heterocycles. The van der Waals surface area contributed by atoms with Crippen LogP contribution < -0.4 is 5.73 Å². The van der Waals surface area contributed by atoms with Gasteiger partial charge in [-0.25, -0.2) is 0 Å². The average Bonchev–Trinajstić information content (AvgIpc) is 2.30. The Bertz CT molecular complexity index is 228. The SMILES string of the molecule is CCOCCN1CCC(SC)(C(N)=S)CC1. The molecule has 0 aliphatic carbocycles. The van der Waals surface area contributed by atoms with Gasteiger partial charge in [0.25, 0.3) is 0 Å². The predicted octanol–water partition coefficient (Wildman–Crippen LogP) is 1.51. The number of rotatable bonds is 6. The van der Waals surface area contributed by atoms with Gasteiger partial charge in [0.05, 0.1) is 16.3 Å². The smallest absolute Gasteiger partial charge is 0.0891 e. The molecule has 0 unspecified atom stereocenters. The zero-order valence-electron chi connectivity index (χ0n) is 10.2. The Morgan fingerprint density at radius 3 is 2.56 bits per heavy atom. The van der Waals surface area contributed by atoms with Gasteiger partial charge < -0.3 is 15.4 Å². The number of piperidine rings is 1. The summed E-state index contributed by atoms with van der Waals surface area (Å²) in [5.74, 6) is 0. The van der Waals surface area contributed by atoms with Crippen LogP contribution >= 0.6 is 24.0 Å². The molecule has 2 N–H and O–H groups in total. The fourth-order valence-corrected chi connectivity index (χ4v) is 3.27. The lowest BCUT2D eigenvalue weighted by atomic mass is 9.95. The van der Waals surface area contributed by atoms with Crippen molar-refractivity contribution >= 4 is 29.0 Å². The van der Waals surface area contributed by atoms with Crippen molar-refractivity contribution in [2.45, 2.75) is 24.5 Å². The number of thiocarbonyl (C=S) groups is 1. The van der Waals surface area contributed by atoms with E-state index in [0.29, 0.717) is 4.99 Å². The minimum Gasteiger partial charge on any atom is -0.392 e. The lowest BCUT2D eigenvalue weighted by Crippen LogP contribution is -2.49. The highest BCUT2D eigenvalue weighted by Crippen LogP contribution is 2.34. The first-order valence-corrected chi connectivity index (χ1v) is 7.43. The fraction of sp³-hybridized carbons (Fsp3) is 0.909. The monoisotopic (exact) mass is 262 g/mol. The molecule has 94 valence electrons. The van der Waals surface area contributed by atoms with Crippen LogP contribution in [0.1, 0.15) is 19.8 Å². The lowest BCUT2D eigenvalue weighted by molar-refractivity contribution is 0.104. The highest BCUT2D eigenvalue weighted by Gasteiger charge is 2.36. The molecule has 0 atom stereocenters. The first-order chi connectivity index (χ1) is 7.64. The second-order valence-corrected chi connectivity index (χ2v) is 5.73. The molecule has 1 aliphatic rings. The summed E-state index contributed by atoms with van der Waals surface area (Å²) < 4.78 is 5.40. The normalized spacial score (nSPS) is 20.9. The number of nitrogens with zero attached hydrogens (tertiary/aromatic N) is 1. The van der Waals surface area contributed by atoms with Crippen LogP contribution in [0.4, 0.5) is 0 Å². The number of hydrogen-bond donors (Lipinski definition) is 1. The Labute approximate surface area is 108 Å². The van der Waals surface area contributed by atoms with E-state index in [-0.39, 0.29) is 4.75 Å². The van der Waals surface area contributed by atoms with E-state index < -0.39 is 0 Å². The van der Waals surface area contributed by atoms with Crippen molar-refractivity contribution in [3.63, 3.8) is 0 Å². The van der Waals surface area contributed by atoms with Crippen LogP contribution in [0.25, 0.3) is 0 Å². The predicted molar refractivity (Wildman–Crippen MR) is 75.2 cm³/mol. The number of thioether (sulfide) groups is 1. The standard InChI is InChI=1S/C11H22N2OS2/c1-3-14-9-8-13-6-4-11(16-2,5-7-13)10(12)15/h3-9H2,1-2H3,(H2,12,15). The molecule has 1 aliphatic heterocycles. The molecular weight excluding hydrogens is 240 g/mol. The third-order valence-corrected chi connectivity index (χ3v) is 5.19. The molecule has 16 heavy (non-hydrogen) atoms. The molecule has 0 radical (unpaired) electrons. The quantitative estimate of drug-likeness (QED) is 0.580. The van der Waals surface area contributed by atoms with Crippen LogP contribution in [0.15, 0.2) is 0 Å². The van der Waals surface area contributed by atoms with E-state index in [4.69, 9.17) is 22.7 Å². The minimum absolute atomic E-state index is 0.0391. The van der Waals surface area contributed by atoms with Crippen LogP contribution in [0.3, 0.4) is 0 Å². The average molecular weight is 262 g/mol. The molecule has 0 bridgehead atoms. The summed E-state index contributed by atoms with van der Waals surface area (Å²) >= 11 is 6.99. The topological polar surface area (TPSA) is 38.5 Å². The molecule has 0 aromatic carbocycles. The molecule has 1 fully saturated rings. The maximum atomic E-state index is 5.85. The molecular formula is C11H22N2OS2. The van der Waals surface area contributed by atoms with Crippen LogP contribution in [0.5, 0.6) is 0 Å². The van der Waals surface area contributed by atoms with E-state index in [1.54, 1.807) is 0 Å². The number of ether oxygens (including phenoxy) is 1. The highest BCUT2D eigenvalue weighted by atomic mass is 32.2. The van der Waals surface area contributed by atoms with Gasteiger partial charge in [0, 0.05) is 13.2 Å². The molecule has 1 rings (SSSR count). The van der Waals surface area contributed by atoms with Gasteiger partial charge in [0.15, 0.2) is 0 Å². The van der Waals surface area contributed by atoms with E-state index in [1.165, 1.54) is 0 Å². The van der Waals surface area contributed by atoms with Gasteiger partial charge in [0.1, 0.15) is 0 Å². The largest absolute Gasteiger partial charge is 0.392 e. The van der Waals surface area contributed by atoms with Crippen LogP contribution in [0, 0.1) is 0 Å². The summed E-state index contributed by atoms with van der Waals surface area (Å²) in [7, 11) is 0. The van der Waals surface area contributed by atoms with E-state index in [1.807, 2.05) is 18.7 Å². The third kappa shape index (κ3) is 3.58. The van der Waals surface area contributed by atoms with Crippen LogP contribution in [-0.4, -0.2) is 53.7 Å². The molecule has 0 saturated carbocycles. The summed E-state index contributed by atoms with van der Waals surface area (Å²) in [5, 5.41) is 0. The first-order valence-electron chi connectivity index (χ1n) is 5.80. The Balaban J connectivity index is 2.35. The van der Waals surface area contributed by atoms with E-state index in [0.717, 1.165) is 45.7 Å². The summed E-state index contributed by atoms with van der Waals surface area (Å²) in [6.07, 6.45) is 4.24. The number of nitrogens with two attached hydrogens (primary N) is 1. The molecule has 1 saturated heterocycles. The van der Waals surface area contributed by atoms with E-state index in [9.17, 15) is 0 Å². The van der Waals surface area contributed by atoms with Gasteiger partial charge in [-0.2, -0.15) is 11.8 Å². The molecule has 0 amide bonds. The summed E-state index contributed by atoms with van der Waals surface area (Å²) in [4.78, 5) is 3.10. The maximum Gasteiger partial charge on any atom is 0.0891 e. The van der Waals surface area contributed by atoms with Gasteiger partial charge in [0.2, 0.25) is 0 Å². The molecule has 1 heterocycles. The van der Waals surface area contributed by atoms with Gasteiger partial charge in [-0.15, -0.1) is 0 Å². The maximum absolute atomic E-state index is 5.85. The Kier molecular flexibility index (Phi) is 6.03. The Morgan fingerprint density at radius 2 is 2.12 bits per heavy atom. The molecule has 0 aromatic rings. The molecule has 5 heteroatoms. The van der Waals surface area contributed by atoms with Crippen molar-refractivity contribution in [2.24, 2.45) is 5.73 Å². The minimum atomic E-state index is 0.0391. The number of hydrogen-bond acceptors (Lipinski definition) is 4. The fourth-order valence-electron chi connectivity index (χ4n) is 2.03. The van der Waals surface area contributed by atoms with Crippen molar-refractivity contribution in [3.8, 4) is 0 Å². The second kappa shape index (κ2) is 6.79. The number of likely N-dealkylation sites (tertiary alicyclic amines) is 1.